The highest BCUT2D eigenvalue weighted by molar-refractivity contribution is 5.72. The molecule has 0 aliphatic heterocycles. The largest absolute Gasteiger partial charge is 0.481 e. The molecule has 2 aromatic rings. The molecular weight excluding hydrogens is 348 g/mol. The van der Waals surface area contributed by atoms with Crippen LogP contribution in [0, 0.1) is 0 Å². The third-order valence-electron chi connectivity index (χ3n) is 4.06. The summed E-state index contributed by atoms with van der Waals surface area (Å²) in [5, 5.41) is 17.6. The molecule has 2 aromatic carbocycles. The Hall–Kier alpha value is -3.15. The quantitative estimate of drug-likeness (QED) is 0.612. The Balaban J connectivity index is 2.07. The second-order valence-electron chi connectivity index (χ2n) is 6.15. The highest BCUT2D eigenvalue weighted by Gasteiger charge is 2.18. The summed E-state index contributed by atoms with van der Waals surface area (Å²) in [5.41, 5.74) is 2.77. The van der Waals surface area contributed by atoms with Crippen molar-refractivity contribution in [3.8, 4) is 11.1 Å². The summed E-state index contributed by atoms with van der Waals surface area (Å²) in [7, 11) is 0. The molecule has 6 nitrogen and oxygen atoms in total. The van der Waals surface area contributed by atoms with Crippen molar-refractivity contribution in [2.24, 2.45) is 0 Å². The van der Waals surface area contributed by atoms with Gasteiger partial charge in [0.15, 0.2) is 0 Å². The summed E-state index contributed by atoms with van der Waals surface area (Å²) in [6, 6.07) is 17.2. The van der Waals surface area contributed by atoms with Gasteiger partial charge in [-0.05, 0) is 29.5 Å². The number of hydrogen-bond donors (Lipinski definition) is 2. The average molecular weight is 370 g/mol. The molecule has 0 bridgehead atoms. The Bertz CT molecular complexity index is 767. The van der Waals surface area contributed by atoms with Crippen LogP contribution in [0.3, 0.4) is 0 Å². The zero-order valence-electron chi connectivity index (χ0n) is 14.8. The summed E-state index contributed by atoms with van der Waals surface area (Å²) in [5.74, 6) is -2.47. The topological polar surface area (TPSA) is 101 Å². The van der Waals surface area contributed by atoms with Crippen molar-refractivity contribution in [3.63, 3.8) is 0 Å². The Morgan fingerprint density at radius 3 is 1.96 bits per heavy atom. The molecule has 0 aliphatic carbocycles. The number of benzene rings is 2. The van der Waals surface area contributed by atoms with Gasteiger partial charge in [-0.2, -0.15) is 0 Å². The summed E-state index contributed by atoms with van der Waals surface area (Å²) in [4.78, 5) is 33.4. The van der Waals surface area contributed by atoms with E-state index in [0.717, 1.165) is 11.1 Å². The summed E-state index contributed by atoms with van der Waals surface area (Å²) in [6.45, 7) is 0. The van der Waals surface area contributed by atoms with E-state index in [-0.39, 0.29) is 32.1 Å². The standard InChI is InChI=1S/C21H22O6/c22-19(23)7-4-8-21(26)27-18(13-14-20(24)25)17-11-9-16(10-12-17)15-5-2-1-3-6-15/h1-3,5-6,9-12,18H,4,7-8,13-14H2,(H,22,23)(H,24,25). The molecule has 0 aliphatic rings. The number of carboxylic acids is 2. The molecule has 0 spiro atoms. The van der Waals surface area contributed by atoms with Crippen molar-refractivity contribution in [2.45, 2.75) is 38.2 Å². The van der Waals surface area contributed by atoms with E-state index in [1.165, 1.54) is 0 Å². The lowest BCUT2D eigenvalue weighted by Crippen LogP contribution is -2.13. The number of carbonyl (C=O) groups is 3. The van der Waals surface area contributed by atoms with Crippen molar-refractivity contribution >= 4 is 17.9 Å². The molecule has 0 aromatic heterocycles. The van der Waals surface area contributed by atoms with Crippen LogP contribution in [0.2, 0.25) is 0 Å². The molecule has 27 heavy (non-hydrogen) atoms. The van der Waals surface area contributed by atoms with Gasteiger partial charge in [0.2, 0.25) is 0 Å². The van der Waals surface area contributed by atoms with E-state index in [1.807, 2.05) is 54.6 Å². The number of carboxylic acid groups (broad SMARTS) is 2. The number of esters is 1. The van der Waals surface area contributed by atoms with Crippen molar-refractivity contribution in [2.75, 3.05) is 0 Å². The molecule has 6 heteroatoms. The van der Waals surface area contributed by atoms with Gasteiger partial charge in [-0.25, -0.2) is 0 Å². The molecule has 1 unspecified atom stereocenters. The fraction of sp³-hybridized carbons (Fsp3) is 0.286. The van der Waals surface area contributed by atoms with E-state index in [4.69, 9.17) is 14.9 Å². The molecule has 0 amide bonds. The Morgan fingerprint density at radius 2 is 1.37 bits per heavy atom. The first-order chi connectivity index (χ1) is 13.0. The van der Waals surface area contributed by atoms with Crippen LogP contribution in [0.5, 0.6) is 0 Å². The molecule has 0 radical (unpaired) electrons. The SMILES string of the molecule is O=C(O)CCCC(=O)OC(CCC(=O)O)c1ccc(-c2ccccc2)cc1. The Kier molecular flexibility index (Phi) is 7.55. The first-order valence-corrected chi connectivity index (χ1v) is 8.74. The van der Waals surface area contributed by atoms with Crippen LogP contribution in [0.4, 0.5) is 0 Å². The molecule has 0 saturated heterocycles. The Labute approximate surface area is 157 Å². The Morgan fingerprint density at radius 1 is 0.778 bits per heavy atom. The normalized spacial score (nSPS) is 11.6. The van der Waals surface area contributed by atoms with Crippen LogP contribution < -0.4 is 0 Å². The van der Waals surface area contributed by atoms with Gasteiger partial charge in [0.1, 0.15) is 6.10 Å². The second-order valence-corrected chi connectivity index (χ2v) is 6.15. The van der Waals surface area contributed by atoms with Crippen LogP contribution in [-0.4, -0.2) is 28.1 Å². The zero-order chi connectivity index (χ0) is 19.6. The summed E-state index contributed by atoms with van der Waals surface area (Å²) in [6.07, 6.45) is -0.591. The van der Waals surface area contributed by atoms with Crippen molar-refractivity contribution in [1.29, 1.82) is 0 Å². The van der Waals surface area contributed by atoms with E-state index in [2.05, 4.69) is 0 Å². The van der Waals surface area contributed by atoms with Crippen LogP contribution in [0.25, 0.3) is 11.1 Å². The van der Waals surface area contributed by atoms with Crippen LogP contribution in [0.1, 0.15) is 43.8 Å². The lowest BCUT2D eigenvalue weighted by molar-refractivity contribution is -0.151. The van der Waals surface area contributed by atoms with E-state index >= 15 is 0 Å². The molecule has 142 valence electrons. The maximum atomic E-state index is 12.0. The molecule has 2 N–H and O–H groups in total. The van der Waals surface area contributed by atoms with Gasteiger partial charge in [0.25, 0.3) is 0 Å². The highest BCUT2D eigenvalue weighted by Crippen LogP contribution is 2.27. The van der Waals surface area contributed by atoms with Gasteiger partial charge in [0.05, 0.1) is 0 Å². The van der Waals surface area contributed by atoms with Crippen LogP contribution in [0.15, 0.2) is 54.6 Å². The number of aliphatic carboxylic acids is 2. The zero-order valence-corrected chi connectivity index (χ0v) is 14.8. The predicted octanol–water partition coefficient (Wildman–Crippen LogP) is 4.06. The molecule has 1 atom stereocenters. The smallest absolute Gasteiger partial charge is 0.306 e. The highest BCUT2D eigenvalue weighted by atomic mass is 16.5. The van der Waals surface area contributed by atoms with Crippen molar-refractivity contribution in [3.05, 3.63) is 60.2 Å². The fourth-order valence-electron chi connectivity index (χ4n) is 2.67. The monoisotopic (exact) mass is 370 g/mol. The van der Waals surface area contributed by atoms with Crippen LogP contribution >= 0.6 is 0 Å². The van der Waals surface area contributed by atoms with Gasteiger partial charge < -0.3 is 14.9 Å². The maximum absolute atomic E-state index is 12.0. The van der Waals surface area contributed by atoms with Crippen molar-refractivity contribution < 1.29 is 29.3 Å². The van der Waals surface area contributed by atoms with Crippen LogP contribution in [-0.2, 0) is 19.1 Å². The molecule has 2 rings (SSSR count). The van der Waals surface area contributed by atoms with Gasteiger partial charge in [-0.15, -0.1) is 0 Å². The van der Waals surface area contributed by atoms with Crippen molar-refractivity contribution in [1.82, 2.24) is 0 Å². The molecule has 0 heterocycles. The van der Waals surface area contributed by atoms with Gasteiger partial charge in [-0.1, -0.05) is 54.6 Å². The lowest BCUT2D eigenvalue weighted by atomic mass is 10.00. The van der Waals surface area contributed by atoms with E-state index < -0.39 is 24.0 Å². The number of carbonyl (C=O) groups excluding carboxylic acids is 1. The van der Waals surface area contributed by atoms with E-state index in [9.17, 15) is 14.4 Å². The van der Waals surface area contributed by atoms with E-state index in [1.54, 1.807) is 0 Å². The average Bonchev–Trinajstić information content (AvgIpc) is 2.65. The summed E-state index contributed by atoms with van der Waals surface area (Å²) >= 11 is 0. The minimum absolute atomic E-state index is 0.0159. The number of hydrogen-bond acceptors (Lipinski definition) is 4. The second kappa shape index (κ2) is 10.1. The number of ether oxygens (including phenoxy) is 1. The van der Waals surface area contributed by atoms with Gasteiger partial charge >= 0.3 is 17.9 Å². The minimum Gasteiger partial charge on any atom is -0.481 e. The van der Waals surface area contributed by atoms with Gasteiger partial charge in [0, 0.05) is 19.3 Å². The summed E-state index contributed by atoms with van der Waals surface area (Å²) < 4.78 is 5.42. The first-order valence-electron chi connectivity index (χ1n) is 8.74. The van der Waals surface area contributed by atoms with E-state index in [0.29, 0.717) is 5.56 Å². The molecule has 0 fully saturated rings. The lowest BCUT2D eigenvalue weighted by Gasteiger charge is -2.18. The molecular formula is C21H22O6. The minimum atomic E-state index is -0.971. The predicted molar refractivity (Wildman–Crippen MR) is 99.1 cm³/mol. The fourth-order valence-corrected chi connectivity index (χ4v) is 2.67. The maximum Gasteiger partial charge on any atom is 0.306 e. The number of rotatable bonds is 10. The molecule has 0 saturated carbocycles. The third kappa shape index (κ3) is 6.93. The first kappa shape index (κ1) is 20.2. The third-order valence-corrected chi connectivity index (χ3v) is 4.06. The van der Waals surface area contributed by atoms with Gasteiger partial charge in [-0.3, -0.25) is 14.4 Å².